The minimum atomic E-state index is -1.10. The third-order valence-electron chi connectivity index (χ3n) is 12.5. The number of aliphatic hydroxyl groups excluding tert-OH is 2. The molecule has 22 heteroatoms. The Morgan fingerprint density at radius 3 is 1.33 bits per heavy atom. The van der Waals surface area contributed by atoms with Crippen molar-refractivity contribution >= 4 is 43.8 Å². The normalized spacial score (nSPS) is 12.0. The van der Waals surface area contributed by atoms with Gasteiger partial charge in [0.25, 0.3) is 0 Å². The number of nitrogens with zero attached hydrogens (tertiary/aromatic N) is 8. The molecule has 2 unspecified atom stereocenters. The van der Waals surface area contributed by atoms with Gasteiger partial charge in [0.1, 0.15) is 26.4 Å². The van der Waals surface area contributed by atoms with Crippen LogP contribution in [-0.2, 0) is 62.2 Å². The monoisotopic (exact) mass is 1190 g/mol. The van der Waals surface area contributed by atoms with Gasteiger partial charge in [-0.15, -0.1) is 10.2 Å². The van der Waals surface area contributed by atoms with Crippen LogP contribution < -0.4 is 29.6 Å². The maximum absolute atomic E-state index is 11.2. The Kier molecular flexibility index (Phi) is 20.1. The first-order chi connectivity index (χ1) is 37.8. The number of carboxylic acids is 2. The van der Waals surface area contributed by atoms with E-state index >= 15 is 0 Å². The Bertz CT molecular complexity index is 3080. The smallest absolute Gasteiger partial charge is 0.306 e. The highest BCUT2D eigenvalue weighted by Gasteiger charge is 2.20. The second kappa shape index (κ2) is 27.6. The minimum Gasteiger partial charge on any atom is -0.481 e. The zero-order valence-corrected chi connectivity index (χ0v) is 45.9. The average Bonchev–Trinajstić information content (AvgIpc) is 4.08. The van der Waals surface area contributed by atoms with Crippen LogP contribution >= 0.6 is 31.9 Å². The molecule has 4 aromatic carbocycles. The van der Waals surface area contributed by atoms with E-state index in [1.165, 1.54) is 0 Å². The number of pyridine rings is 2. The van der Waals surface area contributed by atoms with E-state index in [4.69, 9.17) is 39.1 Å². The number of carbonyl (C=O) groups is 2. The molecular weight excluding hydrogens is 1130 g/mol. The van der Waals surface area contributed by atoms with Gasteiger partial charge in [-0.1, -0.05) is 107 Å². The fourth-order valence-electron chi connectivity index (χ4n) is 8.39. The first kappa shape index (κ1) is 56.6. The lowest BCUT2D eigenvalue weighted by atomic mass is 9.92. The second-order valence-corrected chi connectivity index (χ2v) is 20.0. The lowest BCUT2D eigenvalue weighted by Gasteiger charge is -2.18. The predicted octanol–water partition coefficient (Wildman–Crippen LogP) is 7.73. The summed E-state index contributed by atoms with van der Waals surface area (Å²) in [6, 6.07) is 35.5. The molecular formula is C56H58Br2N10O10. The number of rotatable bonds is 29. The highest BCUT2D eigenvalue weighted by Crippen LogP contribution is 2.35. The van der Waals surface area contributed by atoms with E-state index in [1.807, 2.05) is 111 Å². The highest BCUT2D eigenvalue weighted by atomic mass is 79.9. The minimum absolute atomic E-state index is 0.0373. The molecule has 8 aromatic rings. The number of nitrogens with one attached hydrogen (secondary N) is 2. The van der Waals surface area contributed by atoms with Gasteiger partial charge in [-0.05, 0) is 102 Å². The number of hydrogen-bond donors (Lipinski definition) is 6. The predicted molar refractivity (Wildman–Crippen MR) is 294 cm³/mol. The van der Waals surface area contributed by atoms with Gasteiger partial charge >= 0.3 is 11.9 Å². The molecule has 0 aliphatic rings. The van der Waals surface area contributed by atoms with Gasteiger partial charge in [0.15, 0.2) is 0 Å². The molecule has 6 N–H and O–H groups in total. The summed E-state index contributed by atoms with van der Waals surface area (Å²) in [5.41, 5.74) is 10.6. The molecule has 2 atom stereocenters. The number of hydrogen-bond acceptors (Lipinski definition) is 16. The van der Waals surface area contributed by atoms with Crippen LogP contribution in [-0.4, -0.2) is 97.6 Å². The number of halogens is 2. The molecule has 78 heavy (non-hydrogen) atoms. The second-order valence-electron chi connectivity index (χ2n) is 18.3. The maximum Gasteiger partial charge on any atom is 0.306 e. The summed E-state index contributed by atoms with van der Waals surface area (Å²) < 4.78 is 30.1. The van der Waals surface area contributed by atoms with Crippen LogP contribution in [0.3, 0.4) is 0 Å². The average molecular weight is 1190 g/mol. The van der Waals surface area contributed by atoms with Crippen molar-refractivity contribution in [2.24, 2.45) is 0 Å². The molecule has 406 valence electrons. The van der Waals surface area contributed by atoms with Gasteiger partial charge in [0.2, 0.25) is 23.5 Å². The van der Waals surface area contributed by atoms with Crippen LogP contribution in [0.4, 0.5) is 0 Å². The number of ether oxygens (including phenoxy) is 4. The molecule has 4 heterocycles. The zero-order chi connectivity index (χ0) is 55.0. The van der Waals surface area contributed by atoms with Crippen molar-refractivity contribution in [3.8, 4) is 34.6 Å². The number of carboxylic acid groups (broad SMARTS) is 2. The third-order valence-corrected chi connectivity index (χ3v) is 13.7. The SMILES string of the molecule is Cc1c(COc2nc(OCc3cnnn3Cc3ccccc3)c(CNCC(O)CC(=O)O)cc2Br)cccc1-c1cccc(COc2nc(OCc3cnnn3Cc3ccccc3)c(CNCC(O)CC(=O)O)cc2Br)c1C. The van der Waals surface area contributed by atoms with Crippen molar-refractivity contribution in [3.63, 3.8) is 0 Å². The van der Waals surface area contributed by atoms with E-state index in [9.17, 15) is 19.8 Å². The zero-order valence-electron chi connectivity index (χ0n) is 42.8. The van der Waals surface area contributed by atoms with Gasteiger partial charge in [-0.3, -0.25) is 9.59 Å². The standard InChI is InChI=1S/C56H58Br2N10O10/c1-35-39(31-75-55-49(57)19-41(23-59-27-45(69)21-51(71)72)53(63-55)77-33-43-25-61-65-67(43)29-37-11-5-3-6-12-37)15-9-17-47(35)48-18-10-16-40(36(48)2)32-76-56-50(58)20-42(24-60-28-46(70)22-52(73)74)54(64-56)78-34-44-26-62-66-68(44)30-38-13-7-4-8-14-38/h3-20,25-26,45-46,59-60,69-70H,21-24,27-34H2,1-2H3,(H,71,72)(H,73,74). The highest BCUT2D eigenvalue weighted by molar-refractivity contribution is 9.10. The van der Waals surface area contributed by atoms with E-state index in [0.717, 1.165) is 44.5 Å². The topological polar surface area (TPSA) is 263 Å². The first-order valence-electron chi connectivity index (χ1n) is 24.9. The van der Waals surface area contributed by atoms with Crippen molar-refractivity contribution in [2.75, 3.05) is 13.1 Å². The molecule has 0 saturated heterocycles. The molecule has 20 nitrogen and oxygen atoms in total. The number of aromatic nitrogens is 8. The van der Waals surface area contributed by atoms with Crippen molar-refractivity contribution in [2.45, 2.75) is 91.5 Å². The van der Waals surface area contributed by atoms with Gasteiger partial charge < -0.3 is 50.0 Å². The van der Waals surface area contributed by atoms with Crippen molar-refractivity contribution < 1.29 is 49.0 Å². The van der Waals surface area contributed by atoms with E-state index < -0.39 is 37.0 Å². The van der Waals surface area contributed by atoms with E-state index in [1.54, 1.807) is 21.8 Å². The molecule has 8 rings (SSSR count). The third kappa shape index (κ3) is 15.8. The van der Waals surface area contributed by atoms with Crippen LogP contribution in [0.2, 0.25) is 0 Å². The van der Waals surface area contributed by atoms with Crippen LogP contribution in [0.5, 0.6) is 23.5 Å². The fraction of sp³-hybridized carbons (Fsp3) is 0.286. The molecule has 4 aromatic heterocycles. The molecule has 0 saturated carbocycles. The summed E-state index contributed by atoms with van der Waals surface area (Å²) in [6.45, 7) is 6.10. The molecule has 0 amide bonds. The maximum atomic E-state index is 11.2. The Hall–Kier alpha value is -7.60. The molecule has 0 fully saturated rings. The largest absolute Gasteiger partial charge is 0.481 e. The summed E-state index contributed by atoms with van der Waals surface area (Å²) in [5.74, 6) is -1.08. The van der Waals surface area contributed by atoms with Crippen molar-refractivity contribution in [3.05, 3.63) is 186 Å². The Labute approximate surface area is 466 Å². The van der Waals surface area contributed by atoms with Crippen molar-refractivity contribution in [1.82, 2.24) is 50.6 Å². The van der Waals surface area contributed by atoms with Crippen LogP contribution in [0.15, 0.2) is 131 Å². The lowest BCUT2D eigenvalue weighted by molar-refractivity contribution is -0.140. The van der Waals surface area contributed by atoms with E-state index in [2.05, 4.69) is 75.3 Å². The van der Waals surface area contributed by atoms with Crippen LogP contribution in [0.25, 0.3) is 11.1 Å². The first-order valence-corrected chi connectivity index (χ1v) is 26.5. The Balaban J connectivity index is 0.971. The lowest BCUT2D eigenvalue weighted by Crippen LogP contribution is -2.28. The van der Waals surface area contributed by atoms with Gasteiger partial charge in [-0.2, -0.15) is 9.97 Å². The summed E-state index contributed by atoms with van der Waals surface area (Å²) in [7, 11) is 0. The summed E-state index contributed by atoms with van der Waals surface area (Å²) >= 11 is 7.29. The van der Waals surface area contributed by atoms with E-state index in [0.29, 0.717) is 44.5 Å². The summed E-state index contributed by atoms with van der Waals surface area (Å²) in [4.78, 5) is 31.9. The number of benzene rings is 4. The van der Waals surface area contributed by atoms with E-state index in [-0.39, 0.29) is 76.1 Å². The molecule has 0 spiro atoms. The summed E-state index contributed by atoms with van der Waals surface area (Å²) in [5, 5.41) is 61.7. The van der Waals surface area contributed by atoms with Gasteiger partial charge in [0.05, 0.1) is 70.9 Å². The Morgan fingerprint density at radius 1 is 0.538 bits per heavy atom. The Morgan fingerprint density at radius 2 is 0.936 bits per heavy atom. The van der Waals surface area contributed by atoms with Crippen LogP contribution in [0, 0.1) is 13.8 Å². The quantitative estimate of drug-likeness (QED) is 0.0262. The fourth-order valence-corrected chi connectivity index (χ4v) is 9.35. The molecule has 0 aliphatic carbocycles. The van der Waals surface area contributed by atoms with Crippen molar-refractivity contribution in [1.29, 1.82) is 0 Å². The van der Waals surface area contributed by atoms with Crippen LogP contribution in [0.1, 0.15) is 68.7 Å². The molecule has 0 bridgehead atoms. The summed E-state index contributed by atoms with van der Waals surface area (Å²) in [6.07, 6.45) is 0.303. The van der Waals surface area contributed by atoms with Gasteiger partial charge in [0, 0.05) is 37.3 Å². The number of aliphatic carboxylic acids is 2. The molecule has 0 aliphatic heterocycles. The number of aliphatic hydroxyl groups is 2. The van der Waals surface area contributed by atoms with Gasteiger partial charge in [-0.25, -0.2) is 9.36 Å². The molecule has 0 radical (unpaired) electrons.